The minimum absolute atomic E-state index is 0.0572. The van der Waals surface area contributed by atoms with Crippen LogP contribution in [0.2, 0.25) is 0 Å². The first-order valence-electron chi connectivity index (χ1n) is 15.2. The zero-order valence-corrected chi connectivity index (χ0v) is 27.0. The number of rotatable bonds is 8. The Morgan fingerprint density at radius 2 is 1.61 bits per heavy atom. The normalized spacial score (nSPS) is 21.1. The molecule has 3 aliphatic rings. The van der Waals surface area contributed by atoms with Crippen molar-refractivity contribution in [2.24, 2.45) is 0 Å². The summed E-state index contributed by atoms with van der Waals surface area (Å²) in [4.78, 5) is 2.46. The van der Waals surface area contributed by atoms with E-state index in [1.807, 2.05) is 0 Å². The maximum absolute atomic E-state index is 6.34. The van der Waals surface area contributed by atoms with Crippen LogP contribution >= 0.6 is 11.6 Å². The molecule has 5 rings (SSSR count). The Labute approximate surface area is 252 Å². The zero-order chi connectivity index (χ0) is 29.5. The number of fused-ring (bicyclic) bond motifs is 2. The van der Waals surface area contributed by atoms with Gasteiger partial charge in [-0.3, -0.25) is 0 Å². The molecule has 41 heavy (non-hydrogen) atoms. The van der Waals surface area contributed by atoms with Crippen molar-refractivity contribution >= 4 is 28.7 Å². The summed E-state index contributed by atoms with van der Waals surface area (Å²) < 4.78 is 8.80. The third-order valence-electron chi connectivity index (χ3n) is 9.18. The largest absolute Gasteiger partial charge is 0.492 e. The lowest BCUT2D eigenvalue weighted by molar-refractivity contribution is -0.433. The van der Waals surface area contributed by atoms with Gasteiger partial charge in [0.2, 0.25) is 5.69 Å². The van der Waals surface area contributed by atoms with Crippen molar-refractivity contribution in [2.75, 3.05) is 30.5 Å². The van der Waals surface area contributed by atoms with Gasteiger partial charge in [-0.25, -0.2) is 0 Å². The van der Waals surface area contributed by atoms with Crippen molar-refractivity contribution in [3.05, 3.63) is 106 Å². The standard InChI is InChI=1S/C37H46ClN2O/c1-9-39-31-17-11-25(3)23-29(31)36(5,6)33(39)19-15-27-13-14-28(35(27)41-22-21-38)16-20-34-37(7,8)30-24-26(4)12-18-32(30)40(34)10-2/h11-12,15-20,23-24H,9-10,13-14,21-22H2,1-8H3/q+1. The molecule has 0 atom stereocenters. The molecule has 0 amide bonds. The molecular weight excluding hydrogens is 524 g/mol. The second-order valence-electron chi connectivity index (χ2n) is 12.6. The quantitative estimate of drug-likeness (QED) is 0.232. The molecule has 0 radical (unpaired) electrons. The van der Waals surface area contributed by atoms with Crippen molar-refractivity contribution in [3.8, 4) is 0 Å². The zero-order valence-electron chi connectivity index (χ0n) is 26.2. The molecular formula is C37H46ClN2O+. The van der Waals surface area contributed by atoms with Crippen LogP contribution in [-0.4, -0.2) is 35.9 Å². The number of nitrogens with zero attached hydrogens (tertiary/aromatic N) is 2. The number of allylic oxidation sites excluding steroid dienone is 7. The summed E-state index contributed by atoms with van der Waals surface area (Å²) in [5, 5.41) is 0. The maximum atomic E-state index is 6.34. The number of hydrogen-bond donors (Lipinski definition) is 0. The van der Waals surface area contributed by atoms with Crippen LogP contribution in [0.5, 0.6) is 0 Å². The van der Waals surface area contributed by atoms with E-state index in [4.69, 9.17) is 16.3 Å². The molecule has 2 heterocycles. The highest BCUT2D eigenvalue weighted by atomic mass is 35.5. The number of likely N-dealkylation sites (N-methyl/N-ethyl adjacent to an activating group) is 1. The minimum atomic E-state index is -0.0572. The lowest BCUT2D eigenvalue weighted by atomic mass is 9.80. The van der Waals surface area contributed by atoms with Crippen molar-refractivity contribution in [1.29, 1.82) is 0 Å². The monoisotopic (exact) mass is 569 g/mol. The number of aryl methyl sites for hydroxylation is 2. The van der Waals surface area contributed by atoms with Gasteiger partial charge in [0.05, 0.1) is 11.3 Å². The van der Waals surface area contributed by atoms with E-state index >= 15 is 0 Å². The van der Waals surface area contributed by atoms with E-state index in [2.05, 4.69) is 126 Å². The van der Waals surface area contributed by atoms with Crippen molar-refractivity contribution in [3.63, 3.8) is 0 Å². The topological polar surface area (TPSA) is 15.5 Å². The number of benzene rings is 2. The van der Waals surface area contributed by atoms with E-state index in [1.165, 1.54) is 56.2 Å². The molecule has 1 aliphatic carbocycles. The van der Waals surface area contributed by atoms with Crippen LogP contribution in [0, 0.1) is 13.8 Å². The van der Waals surface area contributed by atoms with Gasteiger partial charge in [0.15, 0.2) is 5.71 Å². The van der Waals surface area contributed by atoms with Gasteiger partial charge in [-0.1, -0.05) is 49.2 Å². The maximum Gasteiger partial charge on any atom is 0.209 e. The van der Waals surface area contributed by atoms with Gasteiger partial charge < -0.3 is 9.64 Å². The summed E-state index contributed by atoms with van der Waals surface area (Å²) >= 11 is 6.10. The Morgan fingerprint density at radius 1 is 0.902 bits per heavy atom. The fourth-order valence-corrected chi connectivity index (χ4v) is 7.04. The van der Waals surface area contributed by atoms with Crippen LogP contribution in [-0.2, 0) is 15.6 Å². The molecule has 0 unspecified atom stereocenters. The average Bonchev–Trinajstić information content (AvgIpc) is 3.49. The lowest BCUT2D eigenvalue weighted by Crippen LogP contribution is -2.27. The predicted molar refractivity (Wildman–Crippen MR) is 175 cm³/mol. The molecule has 3 nitrogen and oxygen atoms in total. The summed E-state index contributed by atoms with van der Waals surface area (Å²) in [5.74, 6) is 1.47. The molecule has 0 aromatic heterocycles. The smallest absolute Gasteiger partial charge is 0.209 e. The van der Waals surface area contributed by atoms with Crippen molar-refractivity contribution in [2.45, 2.75) is 79.1 Å². The molecule has 0 spiro atoms. The second kappa shape index (κ2) is 11.3. The summed E-state index contributed by atoms with van der Waals surface area (Å²) in [5.41, 5.74) is 13.1. The van der Waals surface area contributed by atoms with Crippen LogP contribution in [0.1, 0.15) is 76.6 Å². The van der Waals surface area contributed by atoms with E-state index in [1.54, 1.807) is 0 Å². The molecule has 216 valence electrons. The molecule has 2 aromatic rings. The van der Waals surface area contributed by atoms with Gasteiger partial charge in [0.1, 0.15) is 18.9 Å². The predicted octanol–water partition coefficient (Wildman–Crippen LogP) is 9.19. The average molecular weight is 570 g/mol. The Hall–Kier alpha value is -3.04. The highest BCUT2D eigenvalue weighted by Crippen LogP contribution is 2.48. The number of anilines is 1. The van der Waals surface area contributed by atoms with E-state index in [9.17, 15) is 0 Å². The van der Waals surface area contributed by atoms with Gasteiger partial charge in [-0.15, -0.1) is 11.6 Å². The summed E-state index contributed by atoms with van der Waals surface area (Å²) in [6, 6.07) is 13.7. The van der Waals surface area contributed by atoms with Crippen LogP contribution in [0.4, 0.5) is 11.4 Å². The van der Waals surface area contributed by atoms with Crippen LogP contribution in [0.25, 0.3) is 0 Å². The van der Waals surface area contributed by atoms with Gasteiger partial charge in [-0.2, -0.15) is 4.58 Å². The van der Waals surface area contributed by atoms with Crippen molar-refractivity contribution in [1.82, 2.24) is 0 Å². The molecule has 0 saturated heterocycles. The summed E-state index contributed by atoms with van der Waals surface area (Å²) in [7, 11) is 0. The fourth-order valence-electron chi connectivity index (χ4n) is 6.97. The number of halogens is 1. The number of hydrogen-bond acceptors (Lipinski definition) is 2. The van der Waals surface area contributed by atoms with Gasteiger partial charge in [-0.05, 0) is 95.4 Å². The molecule has 0 saturated carbocycles. The molecule has 0 N–H and O–H groups in total. The van der Waals surface area contributed by atoms with E-state index in [0.717, 1.165) is 31.7 Å². The Morgan fingerprint density at radius 3 is 2.29 bits per heavy atom. The summed E-state index contributed by atoms with van der Waals surface area (Å²) in [6.07, 6.45) is 11.2. The van der Waals surface area contributed by atoms with E-state index in [-0.39, 0.29) is 10.8 Å². The third kappa shape index (κ3) is 5.12. The second-order valence-corrected chi connectivity index (χ2v) is 13.0. The summed E-state index contributed by atoms with van der Waals surface area (Å²) in [6.45, 7) is 20.6. The van der Waals surface area contributed by atoms with Crippen molar-refractivity contribution < 1.29 is 9.31 Å². The first-order chi connectivity index (χ1) is 19.5. The van der Waals surface area contributed by atoms with Crippen LogP contribution < -0.4 is 4.90 Å². The minimum Gasteiger partial charge on any atom is -0.492 e. The van der Waals surface area contributed by atoms with Gasteiger partial charge >= 0.3 is 0 Å². The SMILES string of the molecule is CCN1/C(=C/C=C2\CCC(/C=C/C3=[N+](CC)c4ccc(C)cc4C3(C)C)=C2OCCCl)C(C)(C)c2cc(C)ccc21. The molecule has 2 aromatic carbocycles. The fraction of sp³-hybridized carbons (Fsp3) is 0.432. The first-order valence-corrected chi connectivity index (χ1v) is 15.7. The third-order valence-corrected chi connectivity index (χ3v) is 9.34. The molecule has 0 bridgehead atoms. The number of ether oxygens (including phenoxy) is 1. The molecule has 4 heteroatoms. The van der Waals surface area contributed by atoms with E-state index < -0.39 is 0 Å². The molecule has 2 aliphatic heterocycles. The van der Waals surface area contributed by atoms with Gasteiger partial charge in [0.25, 0.3) is 0 Å². The highest BCUT2D eigenvalue weighted by Gasteiger charge is 2.44. The van der Waals surface area contributed by atoms with Crippen LogP contribution in [0.3, 0.4) is 0 Å². The Kier molecular flexibility index (Phi) is 8.14. The van der Waals surface area contributed by atoms with Gasteiger partial charge in [0, 0.05) is 41.1 Å². The number of alkyl halides is 1. The molecule has 0 fully saturated rings. The van der Waals surface area contributed by atoms with E-state index in [0.29, 0.717) is 12.5 Å². The Bertz CT molecular complexity index is 1520. The first kappa shape index (κ1) is 29.5. The van der Waals surface area contributed by atoms with Crippen LogP contribution in [0.15, 0.2) is 83.3 Å². The lowest BCUT2D eigenvalue weighted by Gasteiger charge is -2.26. The highest BCUT2D eigenvalue weighted by molar-refractivity contribution is 6.18. The Balaban J connectivity index is 1.51.